The molecule has 3 N–H and O–H groups in total. The Hall–Kier alpha value is -3.77. The largest absolute Gasteiger partial charge is 0.508 e. The molecule has 0 saturated carbocycles. The highest BCUT2D eigenvalue weighted by Crippen LogP contribution is 2.35. The van der Waals surface area contributed by atoms with Gasteiger partial charge in [-0.05, 0) is 106 Å². The number of benzene rings is 3. The summed E-state index contributed by atoms with van der Waals surface area (Å²) >= 11 is 0. The molecule has 1 fully saturated rings. The minimum Gasteiger partial charge on any atom is -0.508 e. The van der Waals surface area contributed by atoms with E-state index in [-0.39, 0.29) is 17.6 Å². The van der Waals surface area contributed by atoms with Crippen LogP contribution in [-0.4, -0.2) is 38.7 Å². The van der Waals surface area contributed by atoms with Gasteiger partial charge in [0.2, 0.25) is 0 Å². The first-order chi connectivity index (χ1) is 17.0. The van der Waals surface area contributed by atoms with Gasteiger partial charge in [-0.1, -0.05) is 6.42 Å². The van der Waals surface area contributed by atoms with Crippen LogP contribution in [0.15, 0.2) is 72.8 Å². The van der Waals surface area contributed by atoms with E-state index in [0.29, 0.717) is 6.04 Å². The quantitative estimate of drug-likeness (QED) is 0.331. The molecule has 3 aromatic carbocycles. The highest BCUT2D eigenvalue weighted by molar-refractivity contribution is 5.76. The number of phenolic OH excluding ortho intramolecular Hbond substituents is 2. The third-order valence-corrected chi connectivity index (χ3v) is 6.72. The van der Waals surface area contributed by atoms with Gasteiger partial charge in [-0.3, -0.25) is 0 Å². The van der Waals surface area contributed by atoms with E-state index in [1.165, 1.54) is 12.8 Å². The summed E-state index contributed by atoms with van der Waals surface area (Å²) in [6, 6.07) is 22.6. The minimum absolute atomic E-state index is 0.103. The van der Waals surface area contributed by atoms with Gasteiger partial charge in [0.15, 0.2) is 0 Å². The van der Waals surface area contributed by atoms with E-state index in [2.05, 4.69) is 31.3 Å². The molecule has 0 spiro atoms. The predicted octanol–water partition coefficient (Wildman–Crippen LogP) is 5.84. The molecule has 0 amide bonds. The van der Waals surface area contributed by atoms with Crippen LogP contribution in [0, 0.1) is 6.92 Å². The molecule has 6 nitrogen and oxygen atoms in total. The van der Waals surface area contributed by atoms with Crippen molar-refractivity contribution in [1.29, 1.82) is 0 Å². The van der Waals surface area contributed by atoms with E-state index in [1.54, 1.807) is 24.3 Å². The third-order valence-electron chi connectivity index (χ3n) is 6.72. The highest BCUT2D eigenvalue weighted by atomic mass is 16.5. The van der Waals surface area contributed by atoms with Crippen LogP contribution in [-0.2, 0) is 0 Å². The summed E-state index contributed by atoms with van der Waals surface area (Å²) in [5, 5.41) is 28.0. The van der Waals surface area contributed by atoms with Gasteiger partial charge < -0.3 is 20.3 Å². The molecule has 2 unspecified atom stereocenters. The smallest absolute Gasteiger partial charge is 0.119 e. The van der Waals surface area contributed by atoms with E-state index >= 15 is 0 Å². The molecule has 4 aromatic rings. The van der Waals surface area contributed by atoms with Crippen LogP contribution < -0.4 is 10.1 Å². The SMILES string of the molecule is Cc1c(-c2ccc(O)cc2)nn(-c2ccc(O)cc2)c1-c1ccc(OC(C)C2CCCCN2)cc1. The van der Waals surface area contributed by atoms with Gasteiger partial charge in [-0.15, -0.1) is 0 Å². The molecule has 2 atom stereocenters. The molecule has 0 aliphatic carbocycles. The fraction of sp³-hybridized carbons (Fsp3) is 0.276. The van der Waals surface area contributed by atoms with Crippen LogP contribution in [0.5, 0.6) is 17.2 Å². The van der Waals surface area contributed by atoms with Crippen LogP contribution in [0.1, 0.15) is 31.7 Å². The van der Waals surface area contributed by atoms with Crippen molar-refractivity contribution in [1.82, 2.24) is 15.1 Å². The molecule has 1 aromatic heterocycles. The van der Waals surface area contributed by atoms with Gasteiger partial charge in [-0.2, -0.15) is 5.10 Å². The Bertz CT molecular complexity index is 1270. The van der Waals surface area contributed by atoms with Gasteiger partial charge in [0.1, 0.15) is 23.4 Å². The van der Waals surface area contributed by atoms with Gasteiger partial charge in [0, 0.05) is 22.7 Å². The number of phenols is 2. The second kappa shape index (κ2) is 9.84. The molecule has 6 heteroatoms. The number of rotatable bonds is 6. The average Bonchev–Trinajstić information content (AvgIpc) is 3.23. The summed E-state index contributed by atoms with van der Waals surface area (Å²) in [5.74, 6) is 1.28. The third kappa shape index (κ3) is 4.88. The number of ether oxygens (including phenoxy) is 1. The van der Waals surface area contributed by atoms with Gasteiger partial charge in [0.05, 0.1) is 17.1 Å². The first kappa shape index (κ1) is 23.0. The zero-order valence-corrected chi connectivity index (χ0v) is 20.1. The summed E-state index contributed by atoms with van der Waals surface area (Å²) in [4.78, 5) is 0. The monoisotopic (exact) mass is 469 g/mol. The second-order valence-electron chi connectivity index (χ2n) is 9.20. The van der Waals surface area contributed by atoms with E-state index in [0.717, 1.165) is 52.5 Å². The topological polar surface area (TPSA) is 79.5 Å². The van der Waals surface area contributed by atoms with E-state index in [1.807, 2.05) is 41.1 Å². The summed E-state index contributed by atoms with van der Waals surface area (Å²) in [7, 11) is 0. The lowest BCUT2D eigenvalue weighted by Gasteiger charge is -2.29. The average molecular weight is 470 g/mol. The number of hydrogen-bond acceptors (Lipinski definition) is 5. The van der Waals surface area contributed by atoms with Gasteiger partial charge >= 0.3 is 0 Å². The van der Waals surface area contributed by atoms with Crippen molar-refractivity contribution < 1.29 is 14.9 Å². The maximum absolute atomic E-state index is 9.78. The Balaban J connectivity index is 1.50. The summed E-state index contributed by atoms with van der Waals surface area (Å²) in [6.45, 7) is 5.24. The standard InChI is InChI=1S/C29H31N3O3/c1-19-28(21-6-12-24(33)13-7-21)31-32(23-10-14-25(34)15-11-23)29(19)22-8-16-26(17-9-22)35-20(2)27-5-3-4-18-30-27/h6-17,20,27,30,33-34H,3-5,18H2,1-2H3. The maximum atomic E-state index is 9.78. The fourth-order valence-corrected chi connectivity index (χ4v) is 4.78. The van der Waals surface area contributed by atoms with Crippen LogP contribution >= 0.6 is 0 Å². The Kier molecular flexibility index (Phi) is 6.47. The molecule has 2 heterocycles. The minimum atomic E-state index is 0.103. The first-order valence-electron chi connectivity index (χ1n) is 12.2. The Labute approximate surface area is 205 Å². The number of hydrogen-bond donors (Lipinski definition) is 3. The zero-order chi connectivity index (χ0) is 24.4. The van der Waals surface area contributed by atoms with Crippen molar-refractivity contribution in [3.05, 3.63) is 78.4 Å². The molecule has 35 heavy (non-hydrogen) atoms. The summed E-state index contributed by atoms with van der Waals surface area (Å²) < 4.78 is 8.16. The molecule has 1 aliphatic rings. The van der Waals surface area contributed by atoms with Crippen LogP contribution in [0.3, 0.4) is 0 Å². The Morgan fingerprint density at radius 3 is 2.14 bits per heavy atom. The van der Waals surface area contributed by atoms with Gasteiger partial charge in [-0.25, -0.2) is 4.68 Å². The molecule has 5 rings (SSSR count). The van der Waals surface area contributed by atoms with Crippen molar-refractivity contribution >= 4 is 0 Å². The van der Waals surface area contributed by atoms with Crippen molar-refractivity contribution in [2.45, 2.75) is 45.3 Å². The number of nitrogens with one attached hydrogen (secondary N) is 1. The molecule has 0 radical (unpaired) electrons. The van der Waals surface area contributed by atoms with Crippen molar-refractivity contribution in [3.63, 3.8) is 0 Å². The predicted molar refractivity (Wildman–Crippen MR) is 138 cm³/mol. The Morgan fingerprint density at radius 1 is 0.886 bits per heavy atom. The van der Waals surface area contributed by atoms with E-state index < -0.39 is 0 Å². The first-order valence-corrected chi connectivity index (χ1v) is 12.2. The van der Waals surface area contributed by atoms with E-state index in [4.69, 9.17) is 9.84 Å². The van der Waals surface area contributed by atoms with E-state index in [9.17, 15) is 10.2 Å². The highest BCUT2D eigenvalue weighted by Gasteiger charge is 2.22. The summed E-state index contributed by atoms with van der Waals surface area (Å²) in [6.07, 6.45) is 3.72. The number of aromatic nitrogens is 2. The lowest BCUT2D eigenvalue weighted by Crippen LogP contribution is -2.44. The lowest BCUT2D eigenvalue weighted by molar-refractivity contribution is 0.152. The van der Waals surface area contributed by atoms with Crippen molar-refractivity contribution in [2.75, 3.05) is 6.54 Å². The molecule has 0 bridgehead atoms. The normalized spacial score (nSPS) is 16.7. The molecule has 180 valence electrons. The van der Waals surface area contributed by atoms with Crippen molar-refractivity contribution in [2.24, 2.45) is 0 Å². The van der Waals surface area contributed by atoms with Crippen LogP contribution in [0.2, 0.25) is 0 Å². The zero-order valence-electron chi connectivity index (χ0n) is 20.1. The van der Waals surface area contributed by atoms with Crippen LogP contribution in [0.4, 0.5) is 0 Å². The van der Waals surface area contributed by atoms with Gasteiger partial charge in [0.25, 0.3) is 0 Å². The summed E-state index contributed by atoms with van der Waals surface area (Å²) in [5.41, 5.74) is 5.62. The lowest BCUT2D eigenvalue weighted by atomic mass is 10.0. The molecular formula is C29H31N3O3. The fourth-order valence-electron chi connectivity index (χ4n) is 4.78. The second-order valence-corrected chi connectivity index (χ2v) is 9.20. The number of nitrogens with zero attached hydrogens (tertiary/aromatic N) is 2. The molecule has 1 saturated heterocycles. The molecule has 1 aliphatic heterocycles. The maximum Gasteiger partial charge on any atom is 0.119 e. The number of piperidine rings is 1. The number of aromatic hydroxyl groups is 2. The Morgan fingerprint density at radius 2 is 1.51 bits per heavy atom. The van der Waals surface area contributed by atoms with Crippen molar-refractivity contribution in [3.8, 4) is 45.5 Å². The molecular weight excluding hydrogens is 438 g/mol. The van der Waals surface area contributed by atoms with Crippen LogP contribution in [0.25, 0.3) is 28.2 Å².